The molecule has 0 aliphatic heterocycles. The maximum atomic E-state index is 12.4. The Morgan fingerprint density at radius 2 is 1.86 bits per heavy atom. The number of hydrogen-bond donors (Lipinski definition) is 1. The maximum absolute atomic E-state index is 12.4. The van der Waals surface area contributed by atoms with Gasteiger partial charge in [-0.3, -0.25) is 4.79 Å². The van der Waals surface area contributed by atoms with Gasteiger partial charge in [-0.15, -0.1) is 5.10 Å². The third-order valence-corrected chi connectivity index (χ3v) is 3.20. The van der Waals surface area contributed by atoms with Crippen molar-refractivity contribution in [3.05, 3.63) is 65.5 Å². The minimum atomic E-state index is -0.167. The van der Waals surface area contributed by atoms with Crippen LogP contribution in [0.3, 0.4) is 0 Å². The number of rotatable bonds is 3. The Morgan fingerprint density at radius 3 is 2.55 bits per heavy atom. The van der Waals surface area contributed by atoms with Gasteiger partial charge in [-0.25, -0.2) is 4.68 Å². The number of amides is 1. The number of carbonyl (C=O) groups excluding carboxylic acids is 1. The Hall–Kier alpha value is -3.02. The second-order valence-electron chi connectivity index (χ2n) is 5.14. The lowest BCUT2D eigenvalue weighted by molar-refractivity contribution is 0.102. The van der Waals surface area contributed by atoms with Crippen LogP contribution in [-0.4, -0.2) is 26.1 Å². The van der Waals surface area contributed by atoms with E-state index in [-0.39, 0.29) is 5.91 Å². The minimum absolute atomic E-state index is 0.167. The summed E-state index contributed by atoms with van der Waals surface area (Å²) >= 11 is 0. The molecule has 1 N–H and O–H groups in total. The molecule has 0 bridgehead atoms. The molecule has 110 valence electrons. The van der Waals surface area contributed by atoms with E-state index in [0.29, 0.717) is 5.56 Å². The van der Waals surface area contributed by atoms with E-state index in [1.165, 1.54) is 11.0 Å². The lowest BCUT2D eigenvalue weighted by atomic mass is 10.1. The number of hydrogen-bond acceptors (Lipinski definition) is 4. The van der Waals surface area contributed by atoms with E-state index in [1.807, 2.05) is 32.0 Å². The molecule has 0 fully saturated rings. The second-order valence-corrected chi connectivity index (χ2v) is 5.14. The minimum Gasteiger partial charge on any atom is -0.322 e. The number of anilines is 1. The number of nitrogens with one attached hydrogen (secondary N) is 1. The van der Waals surface area contributed by atoms with Gasteiger partial charge in [0.15, 0.2) is 0 Å². The zero-order chi connectivity index (χ0) is 15.5. The van der Waals surface area contributed by atoms with Crippen LogP contribution in [0.5, 0.6) is 0 Å². The number of aryl methyl sites for hydroxylation is 2. The van der Waals surface area contributed by atoms with Crippen LogP contribution in [0.25, 0.3) is 5.69 Å². The number of tetrazole rings is 1. The largest absolute Gasteiger partial charge is 0.322 e. The predicted octanol–water partition coefficient (Wildman–Crippen LogP) is 2.53. The normalized spacial score (nSPS) is 10.5. The van der Waals surface area contributed by atoms with Crippen molar-refractivity contribution in [2.24, 2.45) is 0 Å². The summed E-state index contributed by atoms with van der Waals surface area (Å²) in [6.07, 6.45) is 1.49. The highest BCUT2D eigenvalue weighted by Crippen LogP contribution is 2.16. The molecule has 6 heteroatoms. The molecule has 1 heterocycles. The summed E-state index contributed by atoms with van der Waals surface area (Å²) in [5.74, 6) is -0.167. The first kappa shape index (κ1) is 13.9. The van der Waals surface area contributed by atoms with Crippen molar-refractivity contribution in [3.63, 3.8) is 0 Å². The van der Waals surface area contributed by atoms with Crippen molar-refractivity contribution in [1.29, 1.82) is 0 Å². The smallest absolute Gasteiger partial charge is 0.255 e. The topological polar surface area (TPSA) is 72.7 Å². The fourth-order valence-electron chi connectivity index (χ4n) is 2.32. The molecule has 0 saturated heterocycles. The summed E-state index contributed by atoms with van der Waals surface area (Å²) in [7, 11) is 0. The van der Waals surface area contributed by atoms with Gasteiger partial charge in [0.2, 0.25) is 0 Å². The molecule has 1 aromatic heterocycles. The molecule has 0 aliphatic rings. The quantitative estimate of drug-likeness (QED) is 0.805. The molecule has 3 rings (SSSR count). The van der Waals surface area contributed by atoms with Crippen LogP contribution in [0, 0.1) is 13.8 Å². The number of aromatic nitrogens is 4. The molecule has 0 radical (unpaired) electrons. The van der Waals surface area contributed by atoms with Crippen LogP contribution in [0.2, 0.25) is 0 Å². The average Bonchev–Trinajstić information content (AvgIpc) is 3.00. The molecule has 2 aromatic carbocycles. The van der Waals surface area contributed by atoms with Crippen molar-refractivity contribution in [2.75, 3.05) is 5.32 Å². The average molecular weight is 293 g/mol. The van der Waals surface area contributed by atoms with Gasteiger partial charge < -0.3 is 5.32 Å². The summed E-state index contributed by atoms with van der Waals surface area (Å²) in [4.78, 5) is 12.4. The number of nitrogens with zero attached hydrogens (tertiary/aromatic N) is 4. The first-order valence-corrected chi connectivity index (χ1v) is 6.85. The zero-order valence-electron chi connectivity index (χ0n) is 12.3. The summed E-state index contributed by atoms with van der Waals surface area (Å²) < 4.78 is 1.51. The highest BCUT2D eigenvalue weighted by atomic mass is 16.1. The molecule has 0 aliphatic carbocycles. The molecule has 3 aromatic rings. The van der Waals surface area contributed by atoms with Gasteiger partial charge in [0.1, 0.15) is 6.33 Å². The molecular weight excluding hydrogens is 278 g/mol. The summed E-state index contributed by atoms with van der Waals surface area (Å²) in [6.45, 7) is 4.00. The number of carbonyl (C=O) groups is 1. The molecule has 0 unspecified atom stereocenters. The third-order valence-electron chi connectivity index (χ3n) is 3.20. The van der Waals surface area contributed by atoms with E-state index in [0.717, 1.165) is 22.5 Å². The van der Waals surface area contributed by atoms with Gasteiger partial charge in [0, 0.05) is 11.3 Å². The Morgan fingerprint density at radius 1 is 1.09 bits per heavy atom. The molecule has 1 amide bonds. The second kappa shape index (κ2) is 5.77. The molecule has 0 spiro atoms. The molecule has 6 nitrogen and oxygen atoms in total. The van der Waals surface area contributed by atoms with Crippen molar-refractivity contribution in [1.82, 2.24) is 20.2 Å². The van der Waals surface area contributed by atoms with Crippen molar-refractivity contribution in [2.45, 2.75) is 13.8 Å². The lowest BCUT2D eigenvalue weighted by Crippen LogP contribution is -2.12. The first-order valence-electron chi connectivity index (χ1n) is 6.85. The Balaban J connectivity index is 1.85. The van der Waals surface area contributed by atoms with E-state index in [9.17, 15) is 4.79 Å². The van der Waals surface area contributed by atoms with Crippen LogP contribution >= 0.6 is 0 Å². The van der Waals surface area contributed by atoms with Gasteiger partial charge in [-0.05, 0) is 65.7 Å². The van der Waals surface area contributed by atoms with Gasteiger partial charge in [0.25, 0.3) is 5.91 Å². The summed E-state index contributed by atoms with van der Waals surface area (Å²) in [6, 6.07) is 13.1. The van der Waals surface area contributed by atoms with Crippen molar-refractivity contribution >= 4 is 11.6 Å². The summed E-state index contributed by atoms with van der Waals surface area (Å²) in [5.41, 5.74) is 4.29. The highest BCUT2D eigenvalue weighted by molar-refractivity contribution is 6.04. The molecule has 22 heavy (non-hydrogen) atoms. The highest BCUT2D eigenvalue weighted by Gasteiger charge is 2.08. The van der Waals surface area contributed by atoms with Crippen LogP contribution in [-0.2, 0) is 0 Å². The maximum Gasteiger partial charge on any atom is 0.255 e. The van der Waals surface area contributed by atoms with Gasteiger partial charge in [-0.2, -0.15) is 0 Å². The van der Waals surface area contributed by atoms with E-state index >= 15 is 0 Å². The molecular formula is C16H15N5O. The monoisotopic (exact) mass is 293 g/mol. The first-order chi connectivity index (χ1) is 10.6. The fraction of sp³-hybridized carbons (Fsp3) is 0.125. The van der Waals surface area contributed by atoms with Crippen molar-refractivity contribution in [3.8, 4) is 5.69 Å². The number of benzene rings is 2. The van der Waals surface area contributed by atoms with E-state index < -0.39 is 0 Å². The zero-order valence-corrected chi connectivity index (χ0v) is 12.3. The van der Waals surface area contributed by atoms with Crippen LogP contribution in [0.1, 0.15) is 21.5 Å². The Labute approximate surface area is 127 Å². The SMILES string of the molecule is Cc1cc(C)cc(NC(=O)c2cccc(-n3cnnn3)c2)c1. The van der Waals surface area contributed by atoms with Crippen molar-refractivity contribution < 1.29 is 4.79 Å². The van der Waals surface area contributed by atoms with Crippen LogP contribution in [0.15, 0.2) is 48.8 Å². The fourth-order valence-corrected chi connectivity index (χ4v) is 2.32. The Bertz CT molecular complexity index is 791. The lowest BCUT2D eigenvalue weighted by Gasteiger charge is -2.08. The third kappa shape index (κ3) is 3.01. The van der Waals surface area contributed by atoms with E-state index in [4.69, 9.17) is 0 Å². The molecule has 0 atom stereocenters. The van der Waals surface area contributed by atoms with Gasteiger partial charge in [-0.1, -0.05) is 12.1 Å². The summed E-state index contributed by atoms with van der Waals surface area (Å²) in [5, 5.41) is 13.9. The molecule has 0 saturated carbocycles. The van der Waals surface area contributed by atoms with Gasteiger partial charge >= 0.3 is 0 Å². The van der Waals surface area contributed by atoms with Crippen LogP contribution < -0.4 is 5.32 Å². The standard InChI is InChI=1S/C16H15N5O/c1-11-6-12(2)8-14(7-11)18-16(22)13-4-3-5-15(9-13)21-10-17-19-20-21/h3-10H,1-2H3,(H,18,22). The van der Waals surface area contributed by atoms with E-state index in [2.05, 4.69) is 26.9 Å². The van der Waals surface area contributed by atoms with E-state index in [1.54, 1.807) is 18.2 Å². The Kier molecular flexibility index (Phi) is 3.65. The van der Waals surface area contributed by atoms with Crippen LogP contribution in [0.4, 0.5) is 5.69 Å². The predicted molar refractivity (Wildman–Crippen MR) is 83.0 cm³/mol. The van der Waals surface area contributed by atoms with Gasteiger partial charge in [0.05, 0.1) is 5.69 Å².